The second kappa shape index (κ2) is 7.37. The van der Waals surface area contributed by atoms with E-state index in [1.165, 1.54) is 5.56 Å². The molecule has 0 bridgehead atoms. The van der Waals surface area contributed by atoms with Crippen LogP contribution in [0.25, 0.3) is 0 Å². The highest BCUT2D eigenvalue weighted by molar-refractivity contribution is 5.46. The van der Waals surface area contributed by atoms with E-state index in [0.717, 1.165) is 17.9 Å². The fraction of sp³-hybridized carbons (Fsp3) is 0.357. The Morgan fingerprint density at radius 2 is 2.11 bits per heavy atom. The number of benzene rings is 1. The van der Waals surface area contributed by atoms with Crippen LogP contribution in [0, 0.1) is 0 Å². The van der Waals surface area contributed by atoms with Crippen LogP contribution in [-0.2, 0) is 11.2 Å². The molecule has 98 valence electrons. The third-order valence-corrected chi connectivity index (χ3v) is 2.55. The summed E-state index contributed by atoms with van der Waals surface area (Å²) in [6, 6.07) is 8.25. The lowest BCUT2D eigenvalue weighted by Crippen LogP contribution is -2.31. The average Bonchev–Trinajstić information content (AvgIpc) is 2.37. The number of nitrogens with one attached hydrogen (secondary N) is 2. The summed E-state index contributed by atoms with van der Waals surface area (Å²) >= 11 is 0. The summed E-state index contributed by atoms with van der Waals surface area (Å²) in [6.45, 7) is 6.38. The zero-order chi connectivity index (χ0) is 13.4. The second-order valence-electron chi connectivity index (χ2n) is 4.20. The number of rotatable bonds is 8. The predicted molar refractivity (Wildman–Crippen MR) is 72.5 cm³/mol. The molecule has 0 aromatic heterocycles. The number of ether oxygens (including phenoxy) is 1. The molecule has 0 fully saturated rings. The molecule has 0 aliphatic heterocycles. The first kappa shape index (κ1) is 14.1. The fourth-order valence-corrected chi connectivity index (χ4v) is 1.73. The normalized spacial score (nSPS) is 11.4. The van der Waals surface area contributed by atoms with Gasteiger partial charge in [0, 0.05) is 11.7 Å². The largest absolute Gasteiger partial charge is 0.497 e. The van der Waals surface area contributed by atoms with Crippen LogP contribution >= 0.6 is 0 Å². The van der Waals surface area contributed by atoms with Gasteiger partial charge in [0.1, 0.15) is 5.75 Å². The van der Waals surface area contributed by atoms with E-state index in [1.807, 2.05) is 24.3 Å². The van der Waals surface area contributed by atoms with E-state index in [1.54, 1.807) is 7.11 Å². The zero-order valence-corrected chi connectivity index (χ0v) is 10.9. The van der Waals surface area contributed by atoms with Crippen molar-refractivity contribution in [1.82, 2.24) is 10.6 Å². The topological polar surface area (TPSA) is 50.4 Å². The van der Waals surface area contributed by atoms with E-state index in [9.17, 15) is 4.79 Å². The Morgan fingerprint density at radius 1 is 1.44 bits per heavy atom. The van der Waals surface area contributed by atoms with Crippen LogP contribution in [0.2, 0.25) is 0 Å². The van der Waals surface area contributed by atoms with Crippen molar-refractivity contribution >= 4 is 6.41 Å². The van der Waals surface area contributed by atoms with Gasteiger partial charge in [0.25, 0.3) is 0 Å². The van der Waals surface area contributed by atoms with E-state index in [0.29, 0.717) is 13.0 Å². The predicted octanol–water partition coefficient (Wildman–Crippen LogP) is 1.48. The van der Waals surface area contributed by atoms with E-state index in [-0.39, 0.29) is 6.04 Å². The van der Waals surface area contributed by atoms with E-state index in [4.69, 9.17) is 4.74 Å². The molecule has 0 saturated heterocycles. The van der Waals surface area contributed by atoms with Gasteiger partial charge in [-0.05, 0) is 31.0 Å². The Hall–Kier alpha value is -1.97. The maximum atomic E-state index is 10.2. The average molecular weight is 248 g/mol. The monoisotopic (exact) mass is 248 g/mol. The van der Waals surface area contributed by atoms with Crippen LogP contribution in [0.15, 0.2) is 36.5 Å². The molecule has 0 spiro atoms. The minimum Gasteiger partial charge on any atom is -0.497 e. The van der Waals surface area contributed by atoms with E-state index in [2.05, 4.69) is 24.1 Å². The molecule has 0 aliphatic carbocycles. The number of carbonyl (C=O) groups is 1. The van der Waals surface area contributed by atoms with Crippen LogP contribution in [0.3, 0.4) is 0 Å². The molecule has 0 saturated carbocycles. The van der Waals surface area contributed by atoms with Crippen molar-refractivity contribution in [3.05, 3.63) is 42.1 Å². The SMILES string of the molecule is C=C(CNC=O)NC(C)Cc1ccc(OC)cc1. The van der Waals surface area contributed by atoms with E-state index < -0.39 is 0 Å². The second-order valence-corrected chi connectivity index (χ2v) is 4.20. The molecule has 18 heavy (non-hydrogen) atoms. The van der Waals surface area contributed by atoms with Crippen molar-refractivity contribution in [2.45, 2.75) is 19.4 Å². The number of amides is 1. The molecule has 0 heterocycles. The smallest absolute Gasteiger partial charge is 0.207 e. The van der Waals surface area contributed by atoms with Crippen molar-refractivity contribution in [3.8, 4) is 5.75 Å². The molecular formula is C14H20N2O2. The highest BCUT2D eigenvalue weighted by Crippen LogP contribution is 2.12. The van der Waals surface area contributed by atoms with Gasteiger partial charge in [-0.2, -0.15) is 0 Å². The molecule has 1 rings (SSSR count). The van der Waals surface area contributed by atoms with Crippen LogP contribution in [0.5, 0.6) is 5.75 Å². The van der Waals surface area contributed by atoms with Gasteiger partial charge in [-0.3, -0.25) is 4.79 Å². The number of hydrogen-bond acceptors (Lipinski definition) is 3. The number of methoxy groups -OCH3 is 1. The summed E-state index contributed by atoms with van der Waals surface area (Å²) in [6.07, 6.45) is 1.56. The zero-order valence-electron chi connectivity index (χ0n) is 10.9. The van der Waals surface area contributed by atoms with Crippen LogP contribution in [0.4, 0.5) is 0 Å². The van der Waals surface area contributed by atoms with E-state index >= 15 is 0 Å². The van der Waals surface area contributed by atoms with Crippen LogP contribution < -0.4 is 15.4 Å². The summed E-state index contributed by atoms with van der Waals surface area (Å²) in [4.78, 5) is 10.2. The summed E-state index contributed by atoms with van der Waals surface area (Å²) in [5, 5.41) is 5.82. The van der Waals surface area contributed by atoms with Crippen molar-refractivity contribution in [1.29, 1.82) is 0 Å². The van der Waals surface area contributed by atoms with Crippen LogP contribution in [0.1, 0.15) is 12.5 Å². The molecule has 1 aromatic rings. The highest BCUT2D eigenvalue weighted by Gasteiger charge is 2.04. The molecule has 1 amide bonds. The Kier molecular flexibility index (Phi) is 5.77. The first-order chi connectivity index (χ1) is 8.65. The summed E-state index contributed by atoms with van der Waals surface area (Å²) < 4.78 is 5.11. The third-order valence-electron chi connectivity index (χ3n) is 2.55. The van der Waals surface area contributed by atoms with Crippen molar-refractivity contribution < 1.29 is 9.53 Å². The molecule has 1 unspecified atom stereocenters. The van der Waals surface area contributed by atoms with Gasteiger partial charge in [-0.25, -0.2) is 0 Å². The molecule has 4 nitrogen and oxygen atoms in total. The first-order valence-corrected chi connectivity index (χ1v) is 5.90. The fourth-order valence-electron chi connectivity index (χ4n) is 1.73. The maximum absolute atomic E-state index is 10.2. The lowest BCUT2D eigenvalue weighted by Gasteiger charge is -2.17. The van der Waals surface area contributed by atoms with Gasteiger partial charge in [0.15, 0.2) is 0 Å². The highest BCUT2D eigenvalue weighted by atomic mass is 16.5. The Bertz CT molecular complexity index is 387. The van der Waals surface area contributed by atoms with Crippen molar-refractivity contribution in [2.75, 3.05) is 13.7 Å². The number of hydrogen-bond donors (Lipinski definition) is 2. The minimum absolute atomic E-state index is 0.263. The van der Waals surface area contributed by atoms with Crippen molar-refractivity contribution in [3.63, 3.8) is 0 Å². The molecule has 1 aromatic carbocycles. The van der Waals surface area contributed by atoms with Gasteiger partial charge >= 0.3 is 0 Å². The minimum atomic E-state index is 0.263. The molecule has 2 N–H and O–H groups in total. The van der Waals surface area contributed by atoms with Gasteiger partial charge in [-0.15, -0.1) is 0 Å². The standard InChI is InChI=1S/C14H20N2O2/c1-11(16-12(2)9-15-10-17)8-13-4-6-14(18-3)7-5-13/h4-7,10-11,16H,2,8-9H2,1,3H3,(H,15,17). The summed E-state index contributed by atoms with van der Waals surface area (Å²) in [5.41, 5.74) is 2.04. The van der Waals surface area contributed by atoms with Crippen LogP contribution in [-0.4, -0.2) is 26.1 Å². The first-order valence-electron chi connectivity index (χ1n) is 5.90. The Morgan fingerprint density at radius 3 is 2.67 bits per heavy atom. The Labute approximate surface area is 108 Å². The van der Waals surface area contributed by atoms with Crippen molar-refractivity contribution in [2.24, 2.45) is 0 Å². The lowest BCUT2D eigenvalue weighted by atomic mass is 10.1. The lowest BCUT2D eigenvalue weighted by molar-refractivity contribution is -0.109. The van der Waals surface area contributed by atoms with Gasteiger partial charge < -0.3 is 15.4 Å². The molecule has 1 atom stereocenters. The number of carbonyl (C=O) groups excluding carboxylic acids is 1. The Balaban J connectivity index is 2.40. The maximum Gasteiger partial charge on any atom is 0.207 e. The summed E-state index contributed by atoms with van der Waals surface area (Å²) in [5.74, 6) is 0.860. The molecule has 0 aliphatic rings. The van der Waals surface area contributed by atoms with Gasteiger partial charge in [-0.1, -0.05) is 18.7 Å². The summed E-state index contributed by atoms with van der Waals surface area (Å²) in [7, 11) is 1.66. The molecule has 0 radical (unpaired) electrons. The molecule has 4 heteroatoms. The quantitative estimate of drug-likeness (QED) is 0.685. The van der Waals surface area contributed by atoms with Gasteiger partial charge in [0.2, 0.25) is 6.41 Å². The third kappa shape index (κ3) is 4.91. The molecular weight excluding hydrogens is 228 g/mol. The van der Waals surface area contributed by atoms with Gasteiger partial charge in [0.05, 0.1) is 13.7 Å².